The maximum Gasteiger partial charge on any atom is 0.246 e. The number of amides is 1. The third-order valence-corrected chi connectivity index (χ3v) is 3.02. The summed E-state index contributed by atoms with van der Waals surface area (Å²) in [5.41, 5.74) is 0.0740. The molecule has 1 rings (SSSR count). The number of carbonyl (C=O) groups is 1. The first kappa shape index (κ1) is 13.8. The van der Waals surface area contributed by atoms with E-state index in [1.54, 1.807) is 33.1 Å². The van der Waals surface area contributed by atoms with Gasteiger partial charge in [0.1, 0.15) is 5.75 Å². The van der Waals surface area contributed by atoms with Crippen LogP contribution in [-0.4, -0.2) is 25.1 Å². The fraction of sp³-hybridized carbons (Fsp3) is 0.417. The standard InChI is InChI=1S/C12H17ClN2O2/c1-12(2,11(16)15(3)14)8-5-6-10(17-4)9(13)7-8/h5-7H,14H2,1-4H3. The number of ether oxygens (including phenoxy) is 1. The van der Waals surface area contributed by atoms with Gasteiger partial charge in [0.25, 0.3) is 0 Å². The molecular weight excluding hydrogens is 240 g/mol. The van der Waals surface area contributed by atoms with Crippen LogP contribution < -0.4 is 10.6 Å². The Bertz CT molecular complexity index is 431. The van der Waals surface area contributed by atoms with Crippen molar-refractivity contribution in [2.24, 2.45) is 5.84 Å². The molecule has 0 atom stereocenters. The molecule has 94 valence electrons. The van der Waals surface area contributed by atoms with Crippen molar-refractivity contribution in [3.05, 3.63) is 28.8 Å². The molecule has 17 heavy (non-hydrogen) atoms. The number of hydrogen-bond donors (Lipinski definition) is 1. The Morgan fingerprint density at radius 1 is 1.47 bits per heavy atom. The zero-order valence-corrected chi connectivity index (χ0v) is 11.2. The molecule has 0 aliphatic carbocycles. The molecule has 0 radical (unpaired) electrons. The molecule has 2 N–H and O–H groups in total. The van der Waals surface area contributed by atoms with Crippen molar-refractivity contribution < 1.29 is 9.53 Å². The van der Waals surface area contributed by atoms with Gasteiger partial charge in [0.2, 0.25) is 5.91 Å². The summed E-state index contributed by atoms with van der Waals surface area (Å²) in [5, 5.41) is 1.56. The zero-order chi connectivity index (χ0) is 13.2. The first-order chi connectivity index (χ1) is 7.80. The maximum absolute atomic E-state index is 12.0. The van der Waals surface area contributed by atoms with E-state index < -0.39 is 5.41 Å². The van der Waals surface area contributed by atoms with Gasteiger partial charge in [-0.2, -0.15) is 0 Å². The van der Waals surface area contributed by atoms with Gasteiger partial charge in [-0.15, -0.1) is 0 Å². The molecule has 0 heterocycles. The minimum absolute atomic E-state index is 0.182. The lowest BCUT2D eigenvalue weighted by atomic mass is 9.83. The molecule has 1 aromatic rings. The molecule has 0 fully saturated rings. The molecule has 0 spiro atoms. The average Bonchev–Trinajstić information content (AvgIpc) is 2.27. The van der Waals surface area contributed by atoms with Gasteiger partial charge in [-0.3, -0.25) is 9.80 Å². The maximum atomic E-state index is 12.0. The molecule has 0 unspecified atom stereocenters. The summed E-state index contributed by atoms with van der Waals surface area (Å²) in [6.45, 7) is 3.60. The van der Waals surface area contributed by atoms with Gasteiger partial charge < -0.3 is 4.74 Å². The van der Waals surface area contributed by atoms with E-state index in [2.05, 4.69) is 0 Å². The molecule has 4 nitrogen and oxygen atoms in total. The fourth-order valence-electron chi connectivity index (χ4n) is 1.62. The van der Waals surface area contributed by atoms with E-state index in [-0.39, 0.29) is 5.91 Å². The predicted octanol–water partition coefficient (Wildman–Crippen LogP) is 1.96. The fourth-order valence-corrected chi connectivity index (χ4v) is 1.88. The highest BCUT2D eigenvalue weighted by Crippen LogP contribution is 2.31. The minimum Gasteiger partial charge on any atom is -0.495 e. The van der Waals surface area contributed by atoms with Gasteiger partial charge in [0, 0.05) is 7.05 Å². The van der Waals surface area contributed by atoms with E-state index in [1.165, 1.54) is 7.05 Å². The quantitative estimate of drug-likeness (QED) is 0.511. The number of benzene rings is 1. The van der Waals surface area contributed by atoms with Crippen molar-refractivity contribution in [1.29, 1.82) is 0 Å². The van der Waals surface area contributed by atoms with E-state index in [1.807, 2.05) is 6.07 Å². The SMILES string of the molecule is COc1ccc(C(C)(C)C(=O)N(C)N)cc1Cl. The molecule has 0 aliphatic rings. The Labute approximate surface area is 106 Å². The van der Waals surface area contributed by atoms with Crippen molar-refractivity contribution in [2.75, 3.05) is 14.2 Å². The van der Waals surface area contributed by atoms with Gasteiger partial charge >= 0.3 is 0 Å². The highest BCUT2D eigenvalue weighted by molar-refractivity contribution is 6.32. The Balaban J connectivity index is 3.16. The lowest BCUT2D eigenvalue weighted by molar-refractivity contribution is -0.135. The van der Waals surface area contributed by atoms with E-state index in [9.17, 15) is 4.79 Å². The topological polar surface area (TPSA) is 55.6 Å². The molecule has 0 aliphatic heterocycles. The number of nitrogens with zero attached hydrogens (tertiary/aromatic N) is 1. The summed E-state index contributed by atoms with van der Waals surface area (Å²) >= 11 is 6.04. The van der Waals surface area contributed by atoms with Gasteiger partial charge in [-0.05, 0) is 31.5 Å². The van der Waals surface area contributed by atoms with Gasteiger partial charge in [0.15, 0.2) is 0 Å². The molecule has 0 aromatic heterocycles. The number of halogens is 1. The smallest absolute Gasteiger partial charge is 0.246 e. The van der Waals surface area contributed by atoms with Crippen LogP contribution in [0.5, 0.6) is 5.75 Å². The minimum atomic E-state index is -0.723. The lowest BCUT2D eigenvalue weighted by Gasteiger charge is -2.27. The molecule has 5 heteroatoms. The Morgan fingerprint density at radius 2 is 2.06 bits per heavy atom. The molecule has 0 saturated heterocycles. The first-order valence-electron chi connectivity index (χ1n) is 5.17. The van der Waals surface area contributed by atoms with Crippen LogP contribution in [0.15, 0.2) is 18.2 Å². The summed E-state index contributed by atoms with van der Waals surface area (Å²) in [4.78, 5) is 12.0. The second kappa shape index (κ2) is 4.94. The number of rotatable bonds is 3. The van der Waals surface area contributed by atoms with Gasteiger partial charge in [0.05, 0.1) is 17.5 Å². The van der Waals surface area contributed by atoms with E-state index in [0.717, 1.165) is 10.6 Å². The molecular formula is C12H17ClN2O2. The second-order valence-corrected chi connectivity index (χ2v) is 4.80. The molecule has 0 saturated carbocycles. The van der Waals surface area contributed by atoms with Crippen LogP contribution >= 0.6 is 11.6 Å². The number of hydrazine groups is 1. The average molecular weight is 257 g/mol. The van der Waals surface area contributed by atoms with Crippen molar-refractivity contribution in [1.82, 2.24) is 5.01 Å². The predicted molar refractivity (Wildman–Crippen MR) is 68.0 cm³/mol. The molecule has 1 amide bonds. The van der Waals surface area contributed by atoms with Crippen LogP contribution in [0.4, 0.5) is 0 Å². The van der Waals surface area contributed by atoms with Gasteiger partial charge in [-0.25, -0.2) is 5.84 Å². The monoisotopic (exact) mass is 256 g/mol. The highest BCUT2D eigenvalue weighted by atomic mass is 35.5. The summed E-state index contributed by atoms with van der Waals surface area (Å²) in [5.74, 6) is 5.88. The zero-order valence-electron chi connectivity index (χ0n) is 10.5. The summed E-state index contributed by atoms with van der Waals surface area (Å²) in [6, 6.07) is 5.27. The van der Waals surface area contributed by atoms with Crippen LogP contribution in [0.25, 0.3) is 0 Å². The van der Waals surface area contributed by atoms with Crippen LogP contribution in [0.2, 0.25) is 5.02 Å². The van der Waals surface area contributed by atoms with Crippen LogP contribution in [-0.2, 0) is 10.2 Å². The first-order valence-corrected chi connectivity index (χ1v) is 5.55. The molecule has 1 aromatic carbocycles. The van der Waals surface area contributed by atoms with Gasteiger partial charge in [-0.1, -0.05) is 17.7 Å². The summed E-state index contributed by atoms with van der Waals surface area (Å²) in [6.07, 6.45) is 0. The Kier molecular flexibility index (Phi) is 4.01. The molecule has 0 bridgehead atoms. The number of methoxy groups -OCH3 is 1. The summed E-state index contributed by atoms with van der Waals surface area (Å²) in [7, 11) is 3.07. The number of nitrogens with two attached hydrogens (primary N) is 1. The van der Waals surface area contributed by atoms with Crippen LogP contribution in [0, 0.1) is 0 Å². The van der Waals surface area contributed by atoms with Crippen molar-refractivity contribution >= 4 is 17.5 Å². The third-order valence-electron chi connectivity index (χ3n) is 2.73. The Morgan fingerprint density at radius 3 is 2.47 bits per heavy atom. The number of carbonyl (C=O) groups excluding carboxylic acids is 1. The second-order valence-electron chi connectivity index (χ2n) is 4.39. The van der Waals surface area contributed by atoms with E-state index in [4.69, 9.17) is 22.2 Å². The van der Waals surface area contributed by atoms with Crippen LogP contribution in [0.3, 0.4) is 0 Å². The normalized spacial score (nSPS) is 11.2. The lowest BCUT2D eigenvalue weighted by Crippen LogP contribution is -2.44. The van der Waals surface area contributed by atoms with E-state index in [0.29, 0.717) is 10.8 Å². The largest absolute Gasteiger partial charge is 0.495 e. The van der Waals surface area contributed by atoms with E-state index >= 15 is 0 Å². The summed E-state index contributed by atoms with van der Waals surface area (Å²) < 4.78 is 5.07. The van der Waals surface area contributed by atoms with Crippen molar-refractivity contribution in [2.45, 2.75) is 19.3 Å². The van der Waals surface area contributed by atoms with Crippen molar-refractivity contribution in [3.63, 3.8) is 0 Å². The number of likely N-dealkylation sites (N-methyl/N-ethyl adjacent to an activating group) is 1. The number of hydrogen-bond acceptors (Lipinski definition) is 3. The third kappa shape index (κ3) is 2.70. The van der Waals surface area contributed by atoms with Crippen LogP contribution in [0.1, 0.15) is 19.4 Å². The Hall–Kier alpha value is -1.26. The highest BCUT2D eigenvalue weighted by Gasteiger charge is 2.32. The van der Waals surface area contributed by atoms with Crippen molar-refractivity contribution in [3.8, 4) is 5.75 Å².